The molecule has 0 aromatic heterocycles. The van der Waals surface area contributed by atoms with Crippen LogP contribution in [0.15, 0.2) is 0 Å². The van der Waals surface area contributed by atoms with E-state index in [1.54, 1.807) is 0 Å². The highest BCUT2D eigenvalue weighted by atomic mass is 35.5. The average Bonchev–Trinajstić information content (AvgIpc) is 1.83. The van der Waals surface area contributed by atoms with Gasteiger partial charge in [-0.1, -0.05) is 20.8 Å². The Morgan fingerprint density at radius 2 is 1.73 bits per heavy atom. The van der Waals surface area contributed by atoms with Crippen molar-refractivity contribution in [3.8, 4) is 0 Å². The van der Waals surface area contributed by atoms with Gasteiger partial charge in [0.2, 0.25) is 0 Å². The molecular weight excluding hydrogens is 174 g/mol. The van der Waals surface area contributed by atoms with Crippen molar-refractivity contribution < 1.29 is 0 Å². The minimum atomic E-state index is 0.133. The molecule has 0 aromatic rings. The van der Waals surface area contributed by atoms with E-state index in [0.717, 1.165) is 10.2 Å². The van der Waals surface area contributed by atoms with Crippen LogP contribution < -0.4 is 5.32 Å². The maximum absolute atomic E-state index is 6.14. The van der Waals surface area contributed by atoms with Crippen molar-refractivity contribution in [1.29, 1.82) is 0 Å². The summed E-state index contributed by atoms with van der Waals surface area (Å²) in [6.45, 7) is 8.76. The van der Waals surface area contributed by atoms with Gasteiger partial charge in [0.25, 0.3) is 0 Å². The summed E-state index contributed by atoms with van der Waals surface area (Å²) in [6, 6.07) is 0. The molecule has 0 saturated heterocycles. The quantitative estimate of drug-likeness (QED) is 0.509. The Labute approximate surface area is 78.3 Å². The summed E-state index contributed by atoms with van der Waals surface area (Å²) < 4.78 is 0. The molecule has 0 bridgehead atoms. The van der Waals surface area contributed by atoms with Crippen molar-refractivity contribution in [2.75, 3.05) is 7.05 Å². The van der Waals surface area contributed by atoms with Crippen LogP contribution in [-0.2, 0) is 0 Å². The molecule has 0 aliphatic carbocycles. The molecule has 0 aliphatic rings. The summed E-state index contributed by atoms with van der Waals surface area (Å²) in [5, 5.41) is 3.67. The zero-order valence-corrected chi connectivity index (χ0v) is 11.2. The second kappa shape index (κ2) is 3.46. The number of hydrogen-bond donors (Lipinski definition) is 1. The van der Waals surface area contributed by atoms with Crippen molar-refractivity contribution in [2.45, 2.75) is 38.2 Å². The zero-order chi connectivity index (χ0) is 9.28. The van der Waals surface area contributed by atoms with Crippen LogP contribution in [0.4, 0.5) is 0 Å². The SMILES string of the molecule is CNC([SiH3])(C(C)Cl)C(C)(C)C. The van der Waals surface area contributed by atoms with E-state index in [4.69, 9.17) is 11.6 Å². The molecule has 3 heteroatoms. The molecule has 0 aliphatic heterocycles. The predicted octanol–water partition coefficient (Wildman–Crippen LogP) is 0.941. The topological polar surface area (TPSA) is 12.0 Å². The highest BCUT2D eigenvalue weighted by Gasteiger charge is 2.39. The number of nitrogens with one attached hydrogen (secondary N) is 1. The maximum Gasteiger partial charge on any atom is 0.0457 e. The van der Waals surface area contributed by atoms with Crippen molar-refractivity contribution in [3.63, 3.8) is 0 Å². The number of hydrogen-bond acceptors (Lipinski definition) is 1. The molecule has 0 saturated carbocycles. The molecule has 2 unspecified atom stereocenters. The van der Waals surface area contributed by atoms with Gasteiger partial charge >= 0.3 is 0 Å². The van der Waals surface area contributed by atoms with E-state index in [0.29, 0.717) is 0 Å². The van der Waals surface area contributed by atoms with Gasteiger partial charge in [0.1, 0.15) is 0 Å². The molecule has 0 heterocycles. The van der Waals surface area contributed by atoms with E-state index in [2.05, 4.69) is 33.0 Å². The second-order valence-corrected chi connectivity index (χ2v) is 6.55. The van der Waals surface area contributed by atoms with E-state index >= 15 is 0 Å². The van der Waals surface area contributed by atoms with E-state index in [1.165, 1.54) is 0 Å². The lowest BCUT2D eigenvalue weighted by molar-refractivity contribution is 0.234. The number of halogens is 1. The summed E-state index contributed by atoms with van der Waals surface area (Å²) in [6.07, 6.45) is 0. The molecule has 0 amide bonds. The van der Waals surface area contributed by atoms with Gasteiger partial charge < -0.3 is 5.32 Å². The largest absolute Gasteiger partial charge is 0.316 e. The molecule has 0 spiro atoms. The maximum atomic E-state index is 6.14. The monoisotopic (exact) mass is 193 g/mol. The van der Waals surface area contributed by atoms with Crippen LogP contribution in [0, 0.1) is 5.41 Å². The Hall–Kier alpha value is 0.467. The smallest absolute Gasteiger partial charge is 0.0457 e. The van der Waals surface area contributed by atoms with Crippen molar-refractivity contribution >= 4 is 21.8 Å². The molecule has 2 atom stereocenters. The van der Waals surface area contributed by atoms with Gasteiger partial charge in [0.05, 0.1) is 0 Å². The molecule has 1 nitrogen and oxygen atoms in total. The van der Waals surface area contributed by atoms with Crippen LogP contribution in [0.2, 0.25) is 0 Å². The Morgan fingerprint density at radius 1 is 1.36 bits per heavy atom. The lowest BCUT2D eigenvalue weighted by Crippen LogP contribution is -2.59. The minimum Gasteiger partial charge on any atom is -0.316 e. The lowest BCUT2D eigenvalue weighted by atomic mass is 9.84. The summed E-state index contributed by atoms with van der Waals surface area (Å²) >= 11 is 6.14. The third kappa shape index (κ3) is 2.20. The lowest BCUT2D eigenvalue weighted by Gasteiger charge is -2.44. The van der Waals surface area contributed by atoms with Crippen molar-refractivity contribution in [3.05, 3.63) is 0 Å². The standard InChI is InChI=1S/C8H20ClNSi/c1-6(9)8(11,10-5)7(2,3)4/h6,10H,1-5,11H3. The molecule has 68 valence electrons. The summed E-state index contributed by atoms with van der Waals surface area (Å²) in [4.78, 5) is 0. The minimum absolute atomic E-state index is 0.133. The first kappa shape index (κ1) is 11.5. The highest BCUT2D eigenvalue weighted by Crippen LogP contribution is 2.32. The molecule has 0 fully saturated rings. The Bertz CT molecular complexity index is 131. The van der Waals surface area contributed by atoms with Crippen molar-refractivity contribution in [1.82, 2.24) is 5.32 Å². The predicted molar refractivity (Wildman–Crippen MR) is 56.5 cm³/mol. The fourth-order valence-electron chi connectivity index (χ4n) is 1.17. The fourth-order valence-corrected chi connectivity index (χ4v) is 1.61. The average molecular weight is 194 g/mol. The molecule has 0 rings (SSSR count). The second-order valence-electron chi connectivity index (χ2n) is 4.32. The molecule has 0 radical (unpaired) electrons. The molecule has 1 N–H and O–H groups in total. The summed E-state index contributed by atoms with van der Waals surface area (Å²) in [5.74, 6) is 0. The van der Waals surface area contributed by atoms with Crippen LogP contribution >= 0.6 is 11.6 Å². The van der Waals surface area contributed by atoms with Gasteiger partial charge in [-0.25, -0.2) is 0 Å². The normalized spacial score (nSPS) is 21.3. The highest BCUT2D eigenvalue weighted by molar-refractivity contribution is 6.28. The van der Waals surface area contributed by atoms with Crippen molar-refractivity contribution in [2.24, 2.45) is 5.41 Å². The molecular formula is C8H20ClNSi. The first-order valence-electron chi connectivity index (χ1n) is 4.08. The number of alkyl halides is 1. The summed E-state index contributed by atoms with van der Waals surface area (Å²) in [5.41, 5.74) is 0.245. The molecule has 0 aromatic carbocycles. The Kier molecular flexibility index (Phi) is 3.61. The van der Waals surface area contributed by atoms with E-state index in [-0.39, 0.29) is 16.0 Å². The van der Waals surface area contributed by atoms with Gasteiger partial charge in [-0.2, -0.15) is 0 Å². The zero-order valence-electron chi connectivity index (χ0n) is 8.46. The first-order chi connectivity index (χ1) is 4.75. The third-order valence-electron chi connectivity index (χ3n) is 2.87. The van der Waals surface area contributed by atoms with Gasteiger partial charge in [0, 0.05) is 20.8 Å². The van der Waals surface area contributed by atoms with Crippen LogP contribution in [-0.4, -0.2) is 27.8 Å². The number of rotatable bonds is 2. The summed E-state index contributed by atoms with van der Waals surface area (Å²) in [7, 11) is 3.07. The van der Waals surface area contributed by atoms with E-state index in [1.807, 2.05) is 7.05 Å². The van der Waals surface area contributed by atoms with Gasteiger partial charge in [-0.15, -0.1) is 11.6 Å². The fraction of sp³-hybridized carbons (Fsp3) is 1.00. The Balaban J connectivity index is 4.61. The van der Waals surface area contributed by atoms with Crippen LogP contribution in [0.1, 0.15) is 27.7 Å². The molecule has 11 heavy (non-hydrogen) atoms. The van der Waals surface area contributed by atoms with E-state index < -0.39 is 0 Å². The first-order valence-corrected chi connectivity index (χ1v) is 5.52. The van der Waals surface area contributed by atoms with Crippen LogP contribution in [0.5, 0.6) is 0 Å². The van der Waals surface area contributed by atoms with E-state index in [9.17, 15) is 0 Å². The Morgan fingerprint density at radius 3 is 1.73 bits per heavy atom. The third-order valence-corrected chi connectivity index (χ3v) is 6.54. The van der Waals surface area contributed by atoms with Crippen LogP contribution in [0.3, 0.4) is 0 Å². The van der Waals surface area contributed by atoms with Gasteiger partial charge in [-0.05, 0) is 19.4 Å². The van der Waals surface area contributed by atoms with Crippen LogP contribution in [0.25, 0.3) is 0 Å². The van der Waals surface area contributed by atoms with Gasteiger partial charge in [0.15, 0.2) is 0 Å². The van der Waals surface area contributed by atoms with Gasteiger partial charge in [-0.3, -0.25) is 0 Å².